The maximum Gasteiger partial charge on any atom is 0.283 e. The third kappa shape index (κ3) is 5.86. The number of fused-ring (bicyclic) bond motifs is 2. The summed E-state index contributed by atoms with van der Waals surface area (Å²) in [7, 11) is 1.76. The number of nitrogens with two attached hydrogens (primary N) is 1. The summed E-state index contributed by atoms with van der Waals surface area (Å²) in [5.74, 6) is -0.343. The fourth-order valence-corrected chi connectivity index (χ4v) is 7.69. The van der Waals surface area contributed by atoms with Gasteiger partial charge in [-0.15, -0.1) is 11.3 Å². The molecule has 1 amide bonds. The van der Waals surface area contributed by atoms with Crippen LogP contribution in [0.1, 0.15) is 73.2 Å². The summed E-state index contributed by atoms with van der Waals surface area (Å²) in [5.41, 5.74) is 11.1. The van der Waals surface area contributed by atoms with Gasteiger partial charge < -0.3 is 25.2 Å². The van der Waals surface area contributed by atoms with Gasteiger partial charge in [0.15, 0.2) is 22.5 Å². The van der Waals surface area contributed by atoms with Crippen LogP contribution in [0.4, 0.5) is 5.69 Å². The van der Waals surface area contributed by atoms with Crippen LogP contribution < -0.4 is 10.6 Å². The molecule has 1 fully saturated rings. The first-order valence-corrected chi connectivity index (χ1v) is 16.0. The Morgan fingerprint density at radius 1 is 1.05 bits per heavy atom. The van der Waals surface area contributed by atoms with Gasteiger partial charge in [0.25, 0.3) is 5.91 Å². The maximum absolute atomic E-state index is 14.2. The van der Waals surface area contributed by atoms with E-state index < -0.39 is 6.04 Å². The number of carbonyl (C=O) groups excluding carboxylic acids is 3. The van der Waals surface area contributed by atoms with Crippen molar-refractivity contribution < 1.29 is 19.1 Å². The number of amides is 1. The first-order valence-electron chi connectivity index (χ1n) is 15.1. The summed E-state index contributed by atoms with van der Waals surface area (Å²) in [5, 5.41) is 8.18. The van der Waals surface area contributed by atoms with Crippen molar-refractivity contribution in [2.24, 2.45) is 5.73 Å². The molecule has 1 aromatic heterocycles. The lowest BCUT2D eigenvalue weighted by molar-refractivity contribution is -0.123. The van der Waals surface area contributed by atoms with Crippen LogP contribution in [0.15, 0.2) is 42.5 Å². The highest BCUT2D eigenvalue weighted by molar-refractivity contribution is 7.13. The Morgan fingerprint density at radius 3 is 2.48 bits per heavy atom. The number of nitrogens with one attached hydrogen (secondary N) is 1. The summed E-state index contributed by atoms with van der Waals surface area (Å²) >= 11 is 1.33. The van der Waals surface area contributed by atoms with Crippen LogP contribution in [0.3, 0.4) is 0 Å². The Bertz CT molecular complexity index is 1590. The average molecular weight is 615 g/mol. The number of benzene rings is 2. The summed E-state index contributed by atoms with van der Waals surface area (Å²) in [4.78, 5) is 51.7. The third-order valence-electron chi connectivity index (χ3n) is 9.07. The zero-order valence-corrected chi connectivity index (χ0v) is 26.0. The minimum atomic E-state index is -0.759. The molecule has 4 heterocycles. The van der Waals surface area contributed by atoms with Gasteiger partial charge in [0.05, 0.1) is 18.3 Å². The molecule has 11 heteroatoms. The normalized spacial score (nSPS) is 18.5. The van der Waals surface area contributed by atoms with Gasteiger partial charge in [-0.1, -0.05) is 36.4 Å². The molecular formula is C33H38N6O4S. The van der Waals surface area contributed by atoms with E-state index in [2.05, 4.69) is 11.0 Å². The molecule has 0 spiro atoms. The minimum absolute atomic E-state index is 0.00816. The predicted molar refractivity (Wildman–Crippen MR) is 169 cm³/mol. The van der Waals surface area contributed by atoms with Gasteiger partial charge in [-0.3, -0.25) is 19.8 Å². The summed E-state index contributed by atoms with van der Waals surface area (Å²) in [6.07, 6.45) is 3.54. The largest absolute Gasteiger partial charge is 0.381 e. The Labute approximate surface area is 261 Å². The highest BCUT2D eigenvalue weighted by Gasteiger charge is 2.39. The Balaban J connectivity index is 1.33. The predicted octanol–water partition coefficient (Wildman–Crippen LogP) is 3.76. The molecule has 3 N–H and O–H groups in total. The van der Waals surface area contributed by atoms with Crippen LogP contribution in [0.5, 0.6) is 0 Å². The number of ether oxygens (including phenoxy) is 1. The molecular weight excluding hydrogens is 576 g/mol. The molecule has 3 aliphatic heterocycles. The Hall–Kier alpha value is -4.09. The highest BCUT2D eigenvalue weighted by atomic mass is 32.1. The lowest BCUT2D eigenvalue weighted by Gasteiger charge is -2.40. The van der Waals surface area contributed by atoms with Crippen LogP contribution in [0, 0.1) is 5.41 Å². The number of thiazole rings is 1. The lowest BCUT2D eigenvalue weighted by Crippen LogP contribution is -2.45. The zero-order chi connectivity index (χ0) is 31.0. The van der Waals surface area contributed by atoms with Crippen LogP contribution in [0.25, 0.3) is 0 Å². The van der Waals surface area contributed by atoms with E-state index >= 15 is 0 Å². The Kier molecular flexibility index (Phi) is 8.50. The molecule has 1 atom stereocenters. The van der Waals surface area contributed by atoms with E-state index in [1.54, 1.807) is 29.0 Å². The van der Waals surface area contributed by atoms with E-state index in [1.165, 1.54) is 18.3 Å². The summed E-state index contributed by atoms with van der Waals surface area (Å²) < 4.78 is 5.59. The van der Waals surface area contributed by atoms with Gasteiger partial charge in [-0.05, 0) is 48.9 Å². The fraction of sp³-hybridized carbons (Fsp3) is 0.424. The summed E-state index contributed by atoms with van der Waals surface area (Å²) in [6, 6.07) is 12.5. The number of ketones is 2. The van der Waals surface area contributed by atoms with Gasteiger partial charge in [0.2, 0.25) is 0 Å². The van der Waals surface area contributed by atoms with Crippen molar-refractivity contribution in [3.63, 3.8) is 0 Å². The number of aromatic nitrogens is 1. The second kappa shape index (κ2) is 12.5. The number of methoxy groups -OCH3 is 1. The molecule has 44 heavy (non-hydrogen) atoms. The molecule has 10 nitrogen and oxygen atoms in total. The quantitative estimate of drug-likeness (QED) is 0.234. The van der Waals surface area contributed by atoms with Crippen LogP contribution in [-0.4, -0.2) is 77.6 Å². The number of nitrogens with zero attached hydrogens (tertiary/aromatic N) is 4. The minimum Gasteiger partial charge on any atom is -0.381 e. The van der Waals surface area contributed by atoms with Crippen molar-refractivity contribution in [1.29, 1.82) is 5.41 Å². The standard InChI is InChI=1S/C33H38N6O4S/c1-20(40)22-8-6-21(7-9-22)18-28(41)30-25-4-3-5-27(37-14-10-23(43-2)11-15-37)24(25)12-17-39(30)32(42)31-36-26-13-16-38(33(34)35)19-29(26)44-31/h3-9,23,30H,10-19H2,1-2H3,(H3,34,35). The molecule has 0 saturated carbocycles. The number of guanidine groups is 1. The number of piperidine rings is 1. The number of anilines is 1. The lowest BCUT2D eigenvalue weighted by atomic mass is 9.86. The first kappa shape index (κ1) is 30.0. The van der Waals surface area contributed by atoms with Gasteiger partial charge in [0, 0.05) is 62.3 Å². The fourth-order valence-electron chi connectivity index (χ4n) is 6.62. The molecule has 2 aromatic carbocycles. The van der Waals surface area contributed by atoms with E-state index in [4.69, 9.17) is 20.9 Å². The van der Waals surface area contributed by atoms with E-state index in [0.717, 1.165) is 58.9 Å². The van der Waals surface area contributed by atoms with Crippen molar-refractivity contribution in [3.8, 4) is 0 Å². The number of Topliss-reactive ketones (excluding diaryl/α,β-unsaturated/α-hetero) is 2. The number of hydrogen-bond donors (Lipinski definition) is 2. The monoisotopic (exact) mass is 614 g/mol. The third-order valence-corrected chi connectivity index (χ3v) is 10.1. The van der Waals surface area contributed by atoms with Crippen LogP contribution in [0.2, 0.25) is 0 Å². The molecule has 3 aliphatic rings. The van der Waals surface area contributed by atoms with Gasteiger partial charge in [-0.2, -0.15) is 0 Å². The topological polar surface area (TPSA) is 133 Å². The van der Waals surface area contributed by atoms with Crippen molar-refractivity contribution in [2.75, 3.05) is 38.2 Å². The van der Waals surface area contributed by atoms with Crippen molar-refractivity contribution in [1.82, 2.24) is 14.8 Å². The molecule has 0 bridgehead atoms. The molecule has 3 aromatic rings. The second-order valence-corrected chi connectivity index (χ2v) is 12.8. The average Bonchev–Trinajstić information content (AvgIpc) is 3.47. The zero-order valence-electron chi connectivity index (χ0n) is 25.2. The number of hydrogen-bond acceptors (Lipinski definition) is 8. The van der Waals surface area contributed by atoms with Gasteiger partial charge in [0.1, 0.15) is 6.04 Å². The van der Waals surface area contributed by atoms with E-state index in [1.807, 2.05) is 24.3 Å². The molecule has 0 aliphatic carbocycles. The maximum atomic E-state index is 14.2. The van der Waals surface area contributed by atoms with E-state index in [9.17, 15) is 14.4 Å². The SMILES string of the molecule is COC1CCN(c2cccc3c2CCN(C(=O)c2nc4c(s2)CN(C(=N)N)CC4)C3C(=O)Cc2ccc(C(C)=O)cc2)CC1. The number of carbonyl (C=O) groups is 3. The molecule has 1 saturated heterocycles. The number of rotatable bonds is 7. The molecule has 0 radical (unpaired) electrons. The van der Waals surface area contributed by atoms with Crippen molar-refractivity contribution in [2.45, 2.75) is 57.7 Å². The highest BCUT2D eigenvalue weighted by Crippen LogP contribution is 2.39. The first-order chi connectivity index (χ1) is 21.2. The smallest absolute Gasteiger partial charge is 0.283 e. The van der Waals surface area contributed by atoms with Crippen molar-refractivity contribution >= 4 is 40.5 Å². The van der Waals surface area contributed by atoms with Crippen LogP contribution >= 0.6 is 11.3 Å². The Morgan fingerprint density at radius 2 is 1.80 bits per heavy atom. The molecule has 6 rings (SSSR count). The van der Waals surface area contributed by atoms with E-state index in [-0.39, 0.29) is 36.0 Å². The van der Waals surface area contributed by atoms with Gasteiger partial charge >= 0.3 is 0 Å². The van der Waals surface area contributed by atoms with Crippen LogP contribution in [-0.2, 0) is 35.3 Å². The molecule has 1 unspecified atom stereocenters. The van der Waals surface area contributed by atoms with Gasteiger partial charge in [-0.25, -0.2) is 4.98 Å². The van der Waals surface area contributed by atoms with Crippen molar-refractivity contribution in [3.05, 3.63) is 80.3 Å². The second-order valence-electron chi connectivity index (χ2n) is 11.8. The molecule has 230 valence electrons. The summed E-state index contributed by atoms with van der Waals surface area (Å²) in [6.45, 7) is 4.72. The van der Waals surface area contributed by atoms with E-state index in [0.29, 0.717) is 43.0 Å².